The number of hydrogen-bond acceptors (Lipinski definition) is 3. The van der Waals surface area contributed by atoms with Gasteiger partial charge in [0.25, 0.3) is 0 Å². The SMILES string of the molecule is C/C(C(=O)O)=C1\C[C@@H]2[C@](C)(CCC[C@@]2(C)O)CC1=O. The second-order valence-electron chi connectivity index (χ2n) is 6.63. The van der Waals surface area contributed by atoms with Gasteiger partial charge in [-0.2, -0.15) is 0 Å². The minimum Gasteiger partial charge on any atom is -0.478 e. The van der Waals surface area contributed by atoms with Gasteiger partial charge in [-0.1, -0.05) is 13.3 Å². The van der Waals surface area contributed by atoms with Gasteiger partial charge in [0.2, 0.25) is 0 Å². The lowest BCUT2D eigenvalue weighted by Gasteiger charge is -2.52. The van der Waals surface area contributed by atoms with Crippen molar-refractivity contribution in [3.63, 3.8) is 0 Å². The van der Waals surface area contributed by atoms with Gasteiger partial charge >= 0.3 is 5.97 Å². The van der Waals surface area contributed by atoms with E-state index >= 15 is 0 Å². The van der Waals surface area contributed by atoms with Gasteiger partial charge in [0.15, 0.2) is 5.78 Å². The van der Waals surface area contributed by atoms with Crippen LogP contribution in [-0.2, 0) is 9.59 Å². The van der Waals surface area contributed by atoms with Crippen molar-refractivity contribution in [2.75, 3.05) is 0 Å². The van der Waals surface area contributed by atoms with Crippen LogP contribution in [0.15, 0.2) is 11.1 Å². The highest BCUT2D eigenvalue weighted by Gasteiger charge is 2.52. The van der Waals surface area contributed by atoms with E-state index in [1.54, 1.807) is 0 Å². The van der Waals surface area contributed by atoms with Gasteiger partial charge in [-0.3, -0.25) is 4.79 Å². The molecule has 0 spiro atoms. The minimum atomic E-state index is -1.04. The Morgan fingerprint density at radius 1 is 1.32 bits per heavy atom. The number of carbonyl (C=O) groups excluding carboxylic acids is 1. The Morgan fingerprint density at radius 3 is 2.53 bits per heavy atom. The molecule has 0 bridgehead atoms. The molecule has 0 unspecified atom stereocenters. The number of fused-ring (bicyclic) bond motifs is 1. The maximum absolute atomic E-state index is 12.2. The van der Waals surface area contributed by atoms with E-state index in [1.165, 1.54) is 6.92 Å². The molecular formula is C15H22O4. The van der Waals surface area contributed by atoms with Gasteiger partial charge in [-0.05, 0) is 44.4 Å². The molecule has 0 heterocycles. The number of Topliss-reactive ketones (excluding diaryl/α,β-unsaturated/α-hetero) is 1. The number of rotatable bonds is 1. The lowest BCUT2D eigenvalue weighted by molar-refractivity contribution is -0.138. The summed E-state index contributed by atoms with van der Waals surface area (Å²) >= 11 is 0. The second-order valence-corrected chi connectivity index (χ2v) is 6.63. The van der Waals surface area contributed by atoms with Crippen molar-refractivity contribution in [2.45, 2.75) is 58.5 Å². The van der Waals surface area contributed by atoms with Crippen molar-refractivity contribution >= 4 is 11.8 Å². The van der Waals surface area contributed by atoms with E-state index in [2.05, 4.69) is 6.92 Å². The van der Waals surface area contributed by atoms with E-state index < -0.39 is 11.6 Å². The third-order valence-electron chi connectivity index (χ3n) is 5.11. The van der Waals surface area contributed by atoms with Crippen LogP contribution in [0.2, 0.25) is 0 Å². The van der Waals surface area contributed by atoms with Crippen molar-refractivity contribution in [3.8, 4) is 0 Å². The molecule has 0 amide bonds. The number of carboxylic acid groups (broad SMARTS) is 1. The van der Waals surface area contributed by atoms with Crippen LogP contribution in [0.25, 0.3) is 0 Å². The van der Waals surface area contributed by atoms with Crippen molar-refractivity contribution in [1.29, 1.82) is 0 Å². The van der Waals surface area contributed by atoms with Crippen LogP contribution in [0.5, 0.6) is 0 Å². The molecule has 106 valence electrons. The Hall–Kier alpha value is -1.16. The summed E-state index contributed by atoms with van der Waals surface area (Å²) in [6.07, 6.45) is 3.32. The van der Waals surface area contributed by atoms with Crippen molar-refractivity contribution in [1.82, 2.24) is 0 Å². The van der Waals surface area contributed by atoms with Crippen molar-refractivity contribution < 1.29 is 19.8 Å². The molecule has 0 aliphatic heterocycles. The minimum absolute atomic E-state index is 0.0317. The van der Waals surface area contributed by atoms with E-state index in [1.807, 2.05) is 6.92 Å². The van der Waals surface area contributed by atoms with Gasteiger partial charge in [0, 0.05) is 17.6 Å². The highest BCUT2D eigenvalue weighted by molar-refractivity contribution is 6.03. The molecule has 2 aliphatic carbocycles. The number of aliphatic hydroxyl groups is 1. The van der Waals surface area contributed by atoms with E-state index in [0.717, 1.165) is 19.3 Å². The fraction of sp³-hybridized carbons (Fsp3) is 0.733. The van der Waals surface area contributed by atoms with E-state index in [0.29, 0.717) is 18.4 Å². The third kappa shape index (κ3) is 2.34. The number of aliphatic carboxylic acids is 1. The van der Waals surface area contributed by atoms with Crippen LogP contribution >= 0.6 is 0 Å². The molecule has 0 aromatic carbocycles. The molecule has 2 fully saturated rings. The van der Waals surface area contributed by atoms with Crippen LogP contribution in [0, 0.1) is 11.3 Å². The first kappa shape index (κ1) is 14.3. The molecule has 4 nitrogen and oxygen atoms in total. The van der Waals surface area contributed by atoms with Crippen LogP contribution in [0.4, 0.5) is 0 Å². The first-order valence-electron chi connectivity index (χ1n) is 6.86. The van der Waals surface area contributed by atoms with Crippen LogP contribution in [0.1, 0.15) is 52.9 Å². The molecule has 0 aromatic rings. The van der Waals surface area contributed by atoms with Gasteiger partial charge in [-0.15, -0.1) is 0 Å². The number of carbonyl (C=O) groups is 2. The molecule has 0 radical (unpaired) electrons. The standard InChI is InChI=1S/C15H22O4/c1-9(13(17)18)10-7-12-14(2,8-11(10)16)5-4-6-15(12,3)19/h12,19H,4-8H2,1-3H3,(H,17,18)/b10-9-/t12-,14-,15-/m1/s1. The largest absolute Gasteiger partial charge is 0.478 e. The molecule has 19 heavy (non-hydrogen) atoms. The molecule has 0 saturated heterocycles. The van der Waals surface area contributed by atoms with E-state index in [4.69, 9.17) is 5.11 Å². The predicted molar refractivity (Wildman–Crippen MR) is 70.6 cm³/mol. The predicted octanol–water partition coefficient (Wildman–Crippen LogP) is 2.31. The Kier molecular flexibility index (Phi) is 3.33. The summed E-state index contributed by atoms with van der Waals surface area (Å²) in [6.45, 7) is 5.35. The summed E-state index contributed by atoms with van der Waals surface area (Å²) in [6, 6.07) is 0. The molecule has 2 rings (SSSR count). The smallest absolute Gasteiger partial charge is 0.331 e. The number of hydrogen-bond donors (Lipinski definition) is 2. The summed E-state index contributed by atoms with van der Waals surface area (Å²) in [5, 5.41) is 19.6. The Balaban J connectivity index is 2.41. The summed E-state index contributed by atoms with van der Waals surface area (Å²) in [7, 11) is 0. The highest BCUT2D eigenvalue weighted by Crippen LogP contribution is 2.54. The molecule has 3 atom stereocenters. The summed E-state index contributed by atoms with van der Waals surface area (Å²) in [4.78, 5) is 23.3. The van der Waals surface area contributed by atoms with Gasteiger partial charge in [-0.25, -0.2) is 4.79 Å². The average molecular weight is 266 g/mol. The molecule has 2 saturated carbocycles. The lowest BCUT2D eigenvalue weighted by atomic mass is 9.54. The molecule has 2 N–H and O–H groups in total. The van der Waals surface area contributed by atoms with Crippen LogP contribution in [0.3, 0.4) is 0 Å². The maximum atomic E-state index is 12.2. The molecular weight excluding hydrogens is 244 g/mol. The average Bonchev–Trinajstić information content (AvgIpc) is 2.26. The van der Waals surface area contributed by atoms with Crippen molar-refractivity contribution in [3.05, 3.63) is 11.1 Å². The maximum Gasteiger partial charge on any atom is 0.331 e. The van der Waals surface area contributed by atoms with E-state index in [9.17, 15) is 14.7 Å². The molecule has 0 aromatic heterocycles. The number of allylic oxidation sites excluding steroid dienone is 1. The first-order valence-corrected chi connectivity index (χ1v) is 6.86. The Labute approximate surface area is 113 Å². The first-order chi connectivity index (χ1) is 8.67. The number of carboxylic acids is 1. The topological polar surface area (TPSA) is 74.6 Å². The third-order valence-corrected chi connectivity index (χ3v) is 5.11. The van der Waals surface area contributed by atoms with Gasteiger partial charge in [0.05, 0.1) is 5.60 Å². The molecule has 4 heteroatoms. The monoisotopic (exact) mass is 266 g/mol. The quantitative estimate of drug-likeness (QED) is 0.714. The fourth-order valence-corrected chi connectivity index (χ4v) is 3.91. The summed E-state index contributed by atoms with van der Waals surface area (Å²) in [5.41, 5.74) is -0.468. The van der Waals surface area contributed by atoms with Crippen LogP contribution in [-0.4, -0.2) is 27.6 Å². The van der Waals surface area contributed by atoms with Crippen LogP contribution < -0.4 is 0 Å². The number of ketones is 1. The Morgan fingerprint density at radius 2 is 1.95 bits per heavy atom. The Bertz CT molecular complexity index is 461. The van der Waals surface area contributed by atoms with E-state index in [-0.39, 0.29) is 22.7 Å². The normalized spacial score (nSPS) is 41.7. The molecule has 2 aliphatic rings. The summed E-state index contributed by atoms with van der Waals surface area (Å²) < 4.78 is 0. The summed E-state index contributed by atoms with van der Waals surface area (Å²) in [5.74, 6) is -1.13. The van der Waals surface area contributed by atoms with Gasteiger partial charge in [0.1, 0.15) is 0 Å². The lowest BCUT2D eigenvalue weighted by Crippen LogP contribution is -2.52. The zero-order valence-corrected chi connectivity index (χ0v) is 11.8. The second kappa shape index (κ2) is 4.44. The highest BCUT2D eigenvalue weighted by atomic mass is 16.4. The fourth-order valence-electron chi connectivity index (χ4n) is 3.91. The van der Waals surface area contributed by atoms with Crippen molar-refractivity contribution in [2.24, 2.45) is 11.3 Å². The van der Waals surface area contributed by atoms with Gasteiger partial charge < -0.3 is 10.2 Å². The zero-order chi connectivity index (χ0) is 14.4. The zero-order valence-electron chi connectivity index (χ0n) is 11.8.